The molecule has 3 aliphatic heterocycles. The van der Waals surface area contributed by atoms with Gasteiger partial charge in [-0.1, -0.05) is 55.8 Å². The smallest absolute Gasteiger partial charge is 0.247 e. The van der Waals surface area contributed by atoms with Crippen molar-refractivity contribution in [2.75, 3.05) is 26.7 Å². The molecule has 38 heavy (non-hydrogen) atoms. The van der Waals surface area contributed by atoms with Gasteiger partial charge in [0.25, 0.3) is 0 Å². The summed E-state index contributed by atoms with van der Waals surface area (Å²) >= 11 is 1.66. The Kier molecular flexibility index (Phi) is 8.72. The molecule has 3 heterocycles. The Morgan fingerprint density at radius 3 is 2.50 bits per heavy atom. The van der Waals surface area contributed by atoms with Crippen LogP contribution in [0.5, 0.6) is 0 Å². The Labute approximate surface area is 230 Å². The molecule has 0 saturated carbocycles. The van der Waals surface area contributed by atoms with Crippen LogP contribution in [0.25, 0.3) is 0 Å². The molecule has 7 nitrogen and oxygen atoms in total. The van der Waals surface area contributed by atoms with E-state index < -0.39 is 28.7 Å². The fourth-order valence-corrected chi connectivity index (χ4v) is 9.10. The molecule has 206 valence electrons. The summed E-state index contributed by atoms with van der Waals surface area (Å²) in [5.74, 6) is -1.49. The molecule has 8 heteroatoms. The Bertz CT molecular complexity index is 1060. The van der Waals surface area contributed by atoms with Crippen LogP contribution in [0.2, 0.25) is 0 Å². The summed E-state index contributed by atoms with van der Waals surface area (Å²) in [6.07, 6.45) is 6.65. The second-order valence-electron chi connectivity index (χ2n) is 10.8. The van der Waals surface area contributed by atoms with Gasteiger partial charge in [-0.3, -0.25) is 14.4 Å². The maximum Gasteiger partial charge on any atom is 0.247 e. The number of carbonyl (C=O) groups is 3. The predicted molar refractivity (Wildman–Crippen MR) is 151 cm³/mol. The highest BCUT2D eigenvalue weighted by Gasteiger charge is 2.74. The lowest BCUT2D eigenvalue weighted by Crippen LogP contribution is -2.57. The molecule has 3 fully saturated rings. The van der Waals surface area contributed by atoms with E-state index in [2.05, 4.69) is 20.1 Å². The van der Waals surface area contributed by atoms with Crippen LogP contribution in [0, 0.1) is 11.8 Å². The molecule has 3 unspecified atom stereocenters. The van der Waals surface area contributed by atoms with E-state index >= 15 is 0 Å². The van der Waals surface area contributed by atoms with Crippen LogP contribution < -0.4 is 0 Å². The van der Waals surface area contributed by atoms with Crippen LogP contribution in [0.15, 0.2) is 55.6 Å². The number of aliphatic hydroxyl groups excluding tert-OH is 1. The molecule has 0 aliphatic carbocycles. The normalized spacial score (nSPS) is 29.1. The van der Waals surface area contributed by atoms with E-state index in [1.807, 2.05) is 42.2 Å². The van der Waals surface area contributed by atoms with E-state index in [1.165, 1.54) is 0 Å². The largest absolute Gasteiger partial charge is 0.394 e. The molecule has 4 rings (SSSR count). The molecule has 1 aromatic carbocycles. The Balaban J connectivity index is 1.83. The number of nitrogens with zero attached hydrogens (tertiary/aromatic N) is 3. The van der Waals surface area contributed by atoms with Gasteiger partial charge in [0, 0.05) is 31.4 Å². The molecule has 1 aromatic rings. The lowest BCUT2D eigenvalue weighted by molar-refractivity contribution is -0.147. The monoisotopic (exact) mass is 539 g/mol. The Morgan fingerprint density at radius 2 is 1.89 bits per heavy atom. The first kappa shape index (κ1) is 28.4. The Hall–Kier alpha value is -2.58. The number of likely N-dealkylation sites (tertiary alicyclic amines) is 1. The summed E-state index contributed by atoms with van der Waals surface area (Å²) in [7, 11) is 1.74. The summed E-state index contributed by atoms with van der Waals surface area (Å²) in [5.41, 5.74) is 0.778. The number of benzene rings is 1. The standard InChI is InChI=1S/C30H41N3O4S/c1-6-12-20(4)32(18-8-3)29(37)26-30-16-15-23(38-30)24(27(35)31(5)17-7-2)25(30)28(36)33(26)22(19-34)21-13-10-9-11-14-21/h7-11,13-14,20,22-26,34H,2-3,6,12,15-19H2,1,4-5H3/t20?,22-,23-,24+,25+,26?,30?/m1/s1. The summed E-state index contributed by atoms with van der Waals surface area (Å²) in [6.45, 7) is 12.3. The molecule has 3 aliphatic rings. The zero-order chi connectivity index (χ0) is 27.6. The molecule has 3 saturated heterocycles. The van der Waals surface area contributed by atoms with Gasteiger partial charge < -0.3 is 19.8 Å². The van der Waals surface area contributed by atoms with Crippen molar-refractivity contribution in [3.8, 4) is 0 Å². The van der Waals surface area contributed by atoms with Gasteiger partial charge in [-0.15, -0.1) is 24.9 Å². The predicted octanol–water partition coefficient (Wildman–Crippen LogP) is 3.66. The van der Waals surface area contributed by atoms with Gasteiger partial charge in [0.05, 0.1) is 29.2 Å². The summed E-state index contributed by atoms with van der Waals surface area (Å²) in [6, 6.07) is 7.93. The number of fused-ring (bicyclic) bond motifs is 1. The SMILES string of the molecule is C=CCN(C)C(=O)[C@@H]1[C@H]2C(=O)N([C@H](CO)c3ccccc3)C(C(=O)N(CC=C)C(C)CCC)C23CC[C@H]1S3. The number of hydrogen-bond donors (Lipinski definition) is 1. The van der Waals surface area contributed by atoms with E-state index in [0.29, 0.717) is 19.5 Å². The van der Waals surface area contributed by atoms with Gasteiger partial charge >= 0.3 is 0 Å². The van der Waals surface area contributed by atoms with Crippen LogP contribution in [-0.2, 0) is 14.4 Å². The van der Waals surface area contributed by atoms with Crippen molar-refractivity contribution in [3.05, 3.63) is 61.2 Å². The van der Waals surface area contributed by atoms with Gasteiger partial charge in [0.1, 0.15) is 6.04 Å². The van der Waals surface area contributed by atoms with Crippen LogP contribution in [0.4, 0.5) is 0 Å². The number of rotatable bonds is 12. The maximum absolute atomic E-state index is 14.6. The first-order valence-corrected chi connectivity index (χ1v) is 14.6. The van der Waals surface area contributed by atoms with E-state index in [9.17, 15) is 19.5 Å². The Morgan fingerprint density at radius 1 is 1.21 bits per heavy atom. The zero-order valence-electron chi connectivity index (χ0n) is 22.8. The first-order valence-electron chi connectivity index (χ1n) is 13.7. The number of carbonyl (C=O) groups excluding carboxylic acids is 3. The number of amides is 3. The van der Waals surface area contributed by atoms with Crippen molar-refractivity contribution in [2.24, 2.45) is 11.8 Å². The summed E-state index contributed by atoms with van der Waals surface area (Å²) in [5, 5.41) is 10.6. The maximum atomic E-state index is 14.6. The van der Waals surface area contributed by atoms with E-state index in [4.69, 9.17) is 0 Å². The van der Waals surface area contributed by atoms with Crippen LogP contribution in [0.1, 0.15) is 51.1 Å². The minimum atomic E-state index is -0.769. The van der Waals surface area contributed by atoms with Gasteiger partial charge in [-0.2, -0.15) is 0 Å². The number of aliphatic hydroxyl groups is 1. The van der Waals surface area contributed by atoms with Crippen molar-refractivity contribution in [3.63, 3.8) is 0 Å². The van der Waals surface area contributed by atoms with Gasteiger partial charge in [-0.05, 0) is 31.7 Å². The number of thioether (sulfide) groups is 1. The fraction of sp³-hybridized carbons (Fsp3) is 0.567. The van der Waals surface area contributed by atoms with E-state index in [1.54, 1.807) is 40.8 Å². The van der Waals surface area contributed by atoms with Gasteiger partial charge in [-0.25, -0.2) is 0 Å². The second-order valence-corrected chi connectivity index (χ2v) is 12.4. The fourth-order valence-electron chi connectivity index (χ4n) is 6.91. The third kappa shape index (κ3) is 4.60. The minimum absolute atomic E-state index is 0.00798. The van der Waals surface area contributed by atoms with Gasteiger partial charge in [0.15, 0.2) is 0 Å². The van der Waals surface area contributed by atoms with Crippen LogP contribution in [-0.4, -0.2) is 86.4 Å². The molecular weight excluding hydrogens is 498 g/mol. The highest BCUT2D eigenvalue weighted by Crippen LogP contribution is 2.67. The molecule has 1 spiro atoms. The number of hydrogen-bond acceptors (Lipinski definition) is 5. The topological polar surface area (TPSA) is 81.2 Å². The van der Waals surface area contributed by atoms with Crippen molar-refractivity contribution >= 4 is 29.5 Å². The molecule has 1 N–H and O–H groups in total. The third-order valence-corrected chi connectivity index (χ3v) is 10.5. The molecule has 2 bridgehead atoms. The summed E-state index contributed by atoms with van der Waals surface area (Å²) in [4.78, 5) is 47.8. The lowest BCUT2D eigenvalue weighted by Gasteiger charge is -2.41. The average molecular weight is 540 g/mol. The lowest BCUT2D eigenvalue weighted by atomic mass is 9.70. The van der Waals surface area contributed by atoms with E-state index in [-0.39, 0.29) is 35.6 Å². The second kappa shape index (κ2) is 11.7. The number of likely N-dealkylation sites (N-methyl/N-ethyl adjacent to an activating group) is 1. The molecule has 0 aromatic heterocycles. The van der Waals surface area contributed by atoms with Crippen molar-refractivity contribution < 1.29 is 19.5 Å². The van der Waals surface area contributed by atoms with Crippen molar-refractivity contribution in [1.82, 2.24) is 14.7 Å². The first-order chi connectivity index (χ1) is 18.3. The van der Waals surface area contributed by atoms with Crippen molar-refractivity contribution in [1.29, 1.82) is 0 Å². The molecule has 0 radical (unpaired) electrons. The molecule has 3 amide bonds. The van der Waals surface area contributed by atoms with Crippen LogP contribution in [0.3, 0.4) is 0 Å². The van der Waals surface area contributed by atoms with E-state index in [0.717, 1.165) is 24.8 Å². The van der Waals surface area contributed by atoms with Gasteiger partial charge in [0.2, 0.25) is 17.7 Å². The summed E-state index contributed by atoms with van der Waals surface area (Å²) < 4.78 is -0.707. The quantitative estimate of drug-likeness (QED) is 0.410. The minimum Gasteiger partial charge on any atom is -0.394 e. The highest BCUT2D eigenvalue weighted by atomic mass is 32.2. The van der Waals surface area contributed by atoms with Crippen molar-refractivity contribution in [2.45, 2.75) is 67.7 Å². The third-order valence-electron chi connectivity index (χ3n) is 8.58. The van der Waals surface area contributed by atoms with Crippen LogP contribution >= 0.6 is 11.8 Å². The molecule has 7 atom stereocenters. The average Bonchev–Trinajstić information content (AvgIpc) is 3.55. The zero-order valence-corrected chi connectivity index (χ0v) is 23.6. The highest BCUT2D eigenvalue weighted by molar-refractivity contribution is 8.02. The molecular formula is C30H41N3O4S.